The number of fused-ring (bicyclic) bond motifs is 1. The molecule has 1 aliphatic carbocycles. The number of rotatable bonds is 3. The van der Waals surface area contributed by atoms with Gasteiger partial charge in [0.1, 0.15) is 5.82 Å². The summed E-state index contributed by atoms with van der Waals surface area (Å²) in [6.45, 7) is 2.41. The second kappa shape index (κ2) is 5.73. The van der Waals surface area contributed by atoms with E-state index in [4.69, 9.17) is 11.5 Å². The molecular formula is C16H22FN3O. The number of nitrogens with zero attached hydrogens (tertiary/aromatic N) is 1. The first-order chi connectivity index (χ1) is 10.0. The number of primary amides is 1. The van der Waals surface area contributed by atoms with E-state index in [9.17, 15) is 9.18 Å². The summed E-state index contributed by atoms with van der Waals surface area (Å²) in [4.78, 5) is 13.5. The van der Waals surface area contributed by atoms with Crippen molar-refractivity contribution in [1.82, 2.24) is 4.90 Å². The third-order valence-corrected chi connectivity index (χ3v) is 4.95. The van der Waals surface area contributed by atoms with Crippen LogP contribution < -0.4 is 11.5 Å². The van der Waals surface area contributed by atoms with Crippen LogP contribution in [0.15, 0.2) is 18.2 Å². The summed E-state index contributed by atoms with van der Waals surface area (Å²) >= 11 is 0. The fourth-order valence-corrected chi connectivity index (χ4v) is 3.83. The second-order valence-electron chi connectivity index (χ2n) is 6.38. The molecule has 1 aliphatic heterocycles. The van der Waals surface area contributed by atoms with Crippen molar-refractivity contribution in [3.63, 3.8) is 0 Å². The van der Waals surface area contributed by atoms with E-state index in [0.717, 1.165) is 19.5 Å². The van der Waals surface area contributed by atoms with Gasteiger partial charge >= 0.3 is 0 Å². The lowest BCUT2D eigenvalue weighted by Crippen LogP contribution is -2.38. The van der Waals surface area contributed by atoms with Gasteiger partial charge < -0.3 is 11.5 Å². The maximum atomic E-state index is 13.9. The summed E-state index contributed by atoms with van der Waals surface area (Å²) in [6.07, 6.45) is 3.51. The number of carbonyl (C=O) groups is 1. The van der Waals surface area contributed by atoms with Crippen molar-refractivity contribution in [2.75, 3.05) is 13.1 Å². The lowest BCUT2D eigenvalue weighted by Gasteiger charge is -2.29. The molecule has 0 spiro atoms. The van der Waals surface area contributed by atoms with Crippen molar-refractivity contribution in [1.29, 1.82) is 0 Å². The Bertz CT molecular complexity index is 548. The first-order valence-electron chi connectivity index (χ1n) is 7.61. The number of likely N-dealkylation sites (tertiary alicyclic amines) is 1. The van der Waals surface area contributed by atoms with Gasteiger partial charge in [0, 0.05) is 36.8 Å². The molecule has 1 heterocycles. The van der Waals surface area contributed by atoms with E-state index in [1.54, 1.807) is 6.07 Å². The third kappa shape index (κ3) is 2.94. The molecule has 5 heteroatoms. The number of hydrogen-bond acceptors (Lipinski definition) is 3. The van der Waals surface area contributed by atoms with Crippen LogP contribution in [0.1, 0.15) is 35.2 Å². The summed E-state index contributed by atoms with van der Waals surface area (Å²) in [5.41, 5.74) is 12.4. The molecule has 3 rings (SSSR count). The van der Waals surface area contributed by atoms with E-state index < -0.39 is 5.91 Å². The molecule has 1 aromatic rings. The van der Waals surface area contributed by atoms with Crippen molar-refractivity contribution in [3.8, 4) is 0 Å². The molecule has 3 atom stereocenters. The molecular weight excluding hydrogens is 269 g/mol. The van der Waals surface area contributed by atoms with Crippen LogP contribution in [0.3, 0.4) is 0 Å². The fourth-order valence-electron chi connectivity index (χ4n) is 3.83. The van der Waals surface area contributed by atoms with Crippen LogP contribution in [0.5, 0.6) is 0 Å². The van der Waals surface area contributed by atoms with Crippen molar-refractivity contribution in [3.05, 3.63) is 35.1 Å². The second-order valence-corrected chi connectivity index (χ2v) is 6.38. The number of halogens is 1. The number of benzene rings is 1. The van der Waals surface area contributed by atoms with Gasteiger partial charge in [-0.1, -0.05) is 6.42 Å². The summed E-state index contributed by atoms with van der Waals surface area (Å²) in [5.74, 6) is 0.366. The Morgan fingerprint density at radius 1 is 1.33 bits per heavy atom. The van der Waals surface area contributed by atoms with Gasteiger partial charge in [-0.2, -0.15) is 0 Å². The van der Waals surface area contributed by atoms with Gasteiger partial charge in [0.05, 0.1) is 0 Å². The van der Waals surface area contributed by atoms with Gasteiger partial charge in [-0.25, -0.2) is 4.39 Å². The molecule has 1 saturated carbocycles. The molecule has 1 amide bonds. The fraction of sp³-hybridized carbons (Fsp3) is 0.562. The highest BCUT2D eigenvalue weighted by atomic mass is 19.1. The minimum Gasteiger partial charge on any atom is -0.366 e. The summed E-state index contributed by atoms with van der Waals surface area (Å²) in [6, 6.07) is 4.60. The smallest absolute Gasteiger partial charge is 0.248 e. The standard InChI is InChI=1S/C16H22FN3O/c17-14-5-4-10(16(19)21)6-12(14)8-20-7-11-2-1-3-15(18)13(11)9-20/h4-6,11,13,15H,1-3,7-9,18H2,(H2,19,21). The summed E-state index contributed by atoms with van der Waals surface area (Å²) in [5, 5.41) is 0. The molecule has 21 heavy (non-hydrogen) atoms. The highest BCUT2D eigenvalue weighted by Crippen LogP contribution is 2.36. The van der Waals surface area contributed by atoms with Crippen molar-refractivity contribution in [2.45, 2.75) is 31.8 Å². The van der Waals surface area contributed by atoms with Gasteiger partial charge in [0.25, 0.3) is 0 Å². The summed E-state index contributed by atoms with van der Waals surface area (Å²) < 4.78 is 13.9. The minimum atomic E-state index is -0.520. The maximum absolute atomic E-state index is 13.9. The Hall–Kier alpha value is -1.46. The Labute approximate surface area is 124 Å². The molecule has 1 aromatic carbocycles. The molecule has 3 unspecified atom stereocenters. The molecule has 4 N–H and O–H groups in total. The van der Waals surface area contributed by atoms with E-state index in [1.165, 1.54) is 25.0 Å². The van der Waals surface area contributed by atoms with Gasteiger partial charge in [-0.15, -0.1) is 0 Å². The third-order valence-electron chi connectivity index (χ3n) is 4.95. The first-order valence-corrected chi connectivity index (χ1v) is 7.61. The predicted octanol–water partition coefficient (Wildman–Crippen LogP) is 1.48. The topological polar surface area (TPSA) is 72.4 Å². The largest absolute Gasteiger partial charge is 0.366 e. The lowest BCUT2D eigenvalue weighted by atomic mass is 9.78. The van der Waals surface area contributed by atoms with Crippen molar-refractivity contribution in [2.24, 2.45) is 23.3 Å². The Kier molecular flexibility index (Phi) is 3.95. The minimum absolute atomic E-state index is 0.274. The lowest BCUT2D eigenvalue weighted by molar-refractivity contribution is 0.1000. The average molecular weight is 291 g/mol. The zero-order valence-corrected chi connectivity index (χ0v) is 12.1. The van der Waals surface area contributed by atoms with Gasteiger partial charge in [-0.05, 0) is 42.9 Å². The van der Waals surface area contributed by atoms with Gasteiger partial charge in [0.2, 0.25) is 5.91 Å². The summed E-state index contributed by atoms with van der Waals surface area (Å²) in [7, 11) is 0. The molecule has 2 aliphatic rings. The highest BCUT2D eigenvalue weighted by Gasteiger charge is 2.38. The van der Waals surface area contributed by atoms with Crippen LogP contribution in [0.4, 0.5) is 4.39 Å². The monoisotopic (exact) mass is 291 g/mol. The van der Waals surface area contributed by atoms with Gasteiger partial charge in [-0.3, -0.25) is 9.69 Å². The van der Waals surface area contributed by atoms with Crippen molar-refractivity contribution < 1.29 is 9.18 Å². The highest BCUT2D eigenvalue weighted by molar-refractivity contribution is 5.92. The van der Waals surface area contributed by atoms with Crippen molar-refractivity contribution >= 4 is 5.91 Å². The SMILES string of the molecule is NC(=O)c1ccc(F)c(CN2CC3CCCC(N)C3C2)c1. The number of hydrogen-bond donors (Lipinski definition) is 2. The van der Waals surface area contributed by atoms with Crippen LogP contribution in [0.25, 0.3) is 0 Å². The average Bonchev–Trinajstić information content (AvgIpc) is 2.85. The molecule has 2 fully saturated rings. The molecule has 0 bridgehead atoms. The van der Waals surface area contributed by atoms with E-state index >= 15 is 0 Å². The van der Waals surface area contributed by atoms with Crippen LogP contribution in [0, 0.1) is 17.7 Å². The number of nitrogens with two attached hydrogens (primary N) is 2. The molecule has 0 aromatic heterocycles. The zero-order chi connectivity index (χ0) is 15.0. The maximum Gasteiger partial charge on any atom is 0.248 e. The van der Waals surface area contributed by atoms with E-state index in [2.05, 4.69) is 4.90 Å². The van der Waals surface area contributed by atoms with Crippen LogP contribution >= 0.6 is 0 Å². The normalized spacial score (nSPS) is 29.3. The van der Waals surface area contributed by atoms with Crippen LogP contribution in [-0.4, -0.2) is 29.9 Å². The van der Waals surface area contributed by atoms with E-state index in [0.29, 0.717) is 29.5 Å². The number of carbonyl (C=O) groups excluding carboxylic acids is 1. The quantitative estimate of drug-likeness (QED) is 0.886. The van der Waals surface area contributed by atoms with Crippen LogP contribution in [0.2, 0.25) is 0 Å². The van der Waals surface area contributed by atoms with E-state index in [1.807, 2.05) is 0 Å². The van der Waals surface area contributed by atoms with Crippen LogP contribution in [-0.2, 0) is 6.54 Å². The Balaban J connectivity index is 1.73. The van der Waals surface area contributed by atoms with E-state index in [-0.39, 0.29) is 11.9 Å². The Morgan fingerprint density at radius 3 is 2.86 bits per heavy atom. The predicted molar refractivity (Wildman–Crippen MR) is 79.0 cm³/mol. The number of amides is 1. The zero-order valence-electron chi connectivity index (χ0n) is 12.1. The first kappa shape index (κ1) is 14.5. The van der Waals surface area contributed by atoms with Gasteiger partial charge in [0.15, 0.2) is 0 Å². The molecule has 114 valence electrons. The molecule has 0 radical (unpaired) electrons. The Morgan fingerprint density at radius 2 is 2.14 bits per heavy atom. The molecule has 4 nitrogen and oxygen atoms in total. The molecule has 1 saturated heterocycles.